The number of alkyl halides is 3. The molecule has 0 aliphatic carbocycles. The molecule has 1 fully saturated rings. The molecule has 4 nitrogen and oxygen atoms in total. The zero-order chi connectivity index (χ0) is 20.4. The van der Waals surface area contributed by atoms with Crippen LogP contribution in [0, 0.1) is 0 Å². The minimum absolute atomic E-state index is 0.0610. The van der Waals surface area contributed by atoms with Gasteiger partial charge in [-0.1, -0.05) is 24.3 Å². The Morgan fingerprint density at radius 1 is 0.897 bits per heavy atom. The number of benzene rings is 2. The van der Waals surface area contributed by atoms with Crippen molar-refractivity contribution in [3.05, 3.63) is 53.6 Å². The monoisotopic (exact) mass is 404 g/mol. The molecule has 154 valence electrons. The zero-order valence-corrected chi connectivity index (χ0v) is 16.0. The van der Waals surface area contributed by atoms with Crippen LogP contribution in [-0.4, -0.2) is 54.8 Å². The van der Waals surface area contributed by atoms with Gasteiger partial charge in [0.15, 0.2) is 0 Å². The van der Waals surface area contributed by atoms with Gasteiger partial charge >= 0.3 is 6.36 Å². The first kappa shape index (κ1) is 19.8. The van der Waals surface area contributed by atoms with Crippen molar-refractivity contribution in [2.45, 2.75) is 25.6 Å². The van der Waals surface area contributed by atoms with E-state index in [0.717, 1.165) is 54.9 Å². The van der Waals surface area contributed by atoms with E-state index in [0.29, 0.717) is 6.54 Å². The highest BCUT2D eigenvalue weighted by Gasteiger charge is 2.31. The highest BCUT2D eigenvalue weighted by Crippen LogP contribution is 2.29. The number of fused-ring (bicyclic) bond motifs is 1. The molecule has 2 aliphatic heterocycles. The predicted molar refractivity (Wildman–Crippen MR) is 104 cm³/mol. The fourth-order valence-corrected chi connectivity index (χ4v) is 4.05. The lowest BCUT2D eigenvalue weighted by atomic mass is 9.94. The smallest absolute Gasteiger partial charge is 0.406 e. The lowest BCUT2D eigenvalue weighted by Gasteiger charge is -2.30. The molecule has 0 radical (unpaired) electrons. The van der Waals surface area contributed by atoms with E-state index in [4.69, 9.17) is 0 Å². The van der Waals surface area contributed by atoms with Gasteiger partial charge in [-0.25, -0.2) is 0 Å². The van der Waals surface area contributed by atoms with Gasteiger partial charge in [0, 0.05) is 25.2 Å². The van der Waals surface area contributed by atoms with Gasteiger partial charge in [0.2, 0.25) is 0 Å². The Hall–Kier alpha value is -2.54. The minimum atomic E-state index is -4.70. The summed E-state index contributed by atoms with van der Waals surface area (Å²) in [4.78, 5) is 17.2. The molecule has 0 spiro atoms. The Balaban J connectivity index is 1.44. The highest BCUT2D eigenvalue weighted by molar-refractivity contribution is 5.97. The molecule has 0 saturated carbocycles. The van der Waals surface area contributed by atoms with Crippen LogP contribution < -0.4 is 4.74 Å². The van der Waals surface area contributed by atoms with Gasteiger partial charge in [0.05, 0.1) is 0 Å². The molecule has 2 aromatic carbocycles. The van der Waals surface area contributed by atoms with E-state index in [-0.39, 0.29) is 11.7 Å². The van der Waals surface area contributed by atoms with Crippen LogP contribution in [0.15, 0.2) is 42.5 Å². The van der Waals surface area contributed by atoms with Crippen LogP contribution in [0.2, 0.25) is 0 Å². The summed E-state index contributed by atoms with van der Waals surface area (Å²) in [5.74, 6) is -0.186. The van der Waals surface area contributed by atoms with E-state index in [1.807, 2.05) is 23.1 Å². The fourth-order valence-electron chi connectivity index (χ4n) is 4.05. The first-order chi connectivity index (χ1) is 13.9. The van der Waals surface area contributed by atoms with Gasteiger partial charge in [-0.3, -0.25) is 4.79 Å². The fraction of sp³-hybridized carbons (Fsp3) is 0.409. The maximum atomic E-state index is 12.8. The summed E-state index contributed by atoms with van der Waals surface area (Å²) in [6.07, 6.45) is -1.44. The van der Waals surface area contributed by atoms with Crippen LogP contribution in [0.1, 0.15) is 28.8 Å². The largest absolute Gasteiger partial charge is 0.573 e. The van der Waals surface area contributed by atoms with Crippen molar-refractivity contribution >= 4 is 5.91 Å². The number of carbonyl (C=O) groups is 1. The summed E-state index contributed by atoms with van der Waals surface area (Å²) in [5.41, 5.74) is 3.37. The predicted octanol–water partition coefficient (Wildman–Crippen LogP) is 4.35. The number of halogens is 3. The molecule has 0 atom stereocenters. The molecule has 0 bridgehead atoms. The molecule has 0 N–H and O–H groups in total. The van der Waals surface area contributed by atoms with Gasteiger partial charge in [-0.05, 0) is 67.2 Å². The Bertz CT molecular complexity index is 875. The summed E-state index contributed by atoms with van der Waals surface area (Å²) < 4.78 is 40.8. The highest BCUT2D eigenvalue weighted by atomic mass is 19.4. The number of carbonyl (C=O) groups excluding carboxylic acids is 1. The second-order valence-electron chi connectivity index (χ2n) is 7.54. The van der Waals surface area contributed by atoms with E-state index in [1.165, 1.54) is 25.0 Å². The molecule has 2 aliphatic rings. The topological polar surface area (TPSA) is 32.8 Å². The summed E-state index contributed by atoms with van der Waals surface area (Å²) in [5, 5.41) is 0. The van der Waals surface area contributed by atoms with Crippen LogP contribution in [0.25, 0.3) is 11.1 Å². The lowest BCUT2D eigenvalue weighted by molar-refractivity contribution is -0.274. The van der Waals surface area contributed by atoms with Gasteiger partial charge in [-0.15, -0.1) is 13.2 Å². The van der Waals surface area contributed by atoms with Gasteiger partial charge < -0.3 is 14.5 Å². The molecule has 2 heterocycles. The SMILES string of the molecule is O=C1c2ccc(-c3ccc(OC(F)(F)F)cc3)cc2CCN1CCN1CCCC1. The first-order valence-electron chi connectivity index (χ1n) is 9.90. The summed E-state index contributed by atoms with van der Waals surface area (Å²) in [6.45, 7) is 4.61. The maximum absolute atomic E-state index is 12.8. The Kier molecular flexibility index (Phi) is 5.50. The number of amides is 1. The molecule has 0 aromatic heterocycles. The van der Waals surface area contributed by atoms with Crippen molar-refractivity contribution in [3.63, 3.8) is 0 Å². The molecular weight excluding hydrogens is 381 g/mol. The van der Waals surface area contributed by atoms with Crippen molar-refractivity contribution in [2.75, 3.05) is 32.7 Å². The van der Waals surface area contributed by atoms with Crippen molar-refractivity contribution < 1.29 is 22.7 Å². The minimum Gasteiger partial charge on any atom is -0.406 e. The Morgan fingerprint density at radius 3 is 2.28 bits per heavy atom. The van der Waals surface area contributed by atoms with Crippen LogP contribution in [-0.2, 0) is 6.42 Å². The molecular formula is C22H23F3N2O2. The lowest BCUT2D eigenvalue weighted by Crippen LogP contribution is -2.42. The van der Waals surface area contributed by atoms with E-state index in [9.17, 15) is 18.0 Å². The normalized spacial score (nSPS) is 17.5. The molecule has 4 rings (SSSR count). The molecule has 1 amide bonds. The van der Waals surface area contributed by atoms with Gasteiger partial charge in [0.25, 0.3) is 5.91 Å². The van der Waals surface area contributed by atoms with Crippen molar-refractivity contribution in [3.8, 4) is 16.9 Å². The number of likely N-dealkylation sites (tertiary alicyclic amines) is 1. The average molecular weight is 404 g/mol. The van der Waals surface area contributed by atoms with Gasteiger partial charge in [-0.2, -0.15) is 0 Å². The van der Waals surface area contributed by atoms with Crippen molar-refractivity contribution in [1.82, 2.24) is 9.80 Å². The number of rotatable bonds is 5. The van der Waals surface area contributed by atoms with Crippen LogP contribution in [0.4, 0.5) is 13.2 Å². The van der Waals surface area contributed by atoms with Crippen LogP contribution in [0.5, 0.6) is 5.75 Å². The summed E-state index contributed by atoms with van der Waals surface area (Å²) in [7, 11) is 0. The van der Waals surface area contributed by atoms with Crippen LogP contribution in [0.3, 0.4) is 0 Å². The summed E-state index contributed by atoms with van der Waals surface area (Å²) >= 11 is 0. The number of ether oxygens (including phenoxy) is 1. The summed E-state index contributed by atoms with van der Waals surface area (Å²) in [6, 6.07) is 11.4. The van der Waals surface area contributed by atoms with E-state index in [2.05, 4.69) is 9.64 Å². The number of hydrogen-bond donors (Lipinski definition) is 0. The second kappa shape index (κ2) is 8.06. The number of nitrogens with zero attached hydrogens (tertiary/aromatic N) is 2. The molecule has 7 heteroatoms. The van der Waals surface area contributed by atoms with E-state index >= 15 is 0 Å². The van der Waals surface area contributed by atoms with Crippen molar-refractivity contribution in [1.29, 1.82) is 0 Å². The standard InChI is InChI=1S/C22H23F3N2O2/c23-22(24,25)29-19-6-3-16(4-7-19)17-5-8-20-18(15-17)9-12-27(21(20)28)14-13-26-10-1-2-11-26/h3-8,15H,1-2,9-14H2. The maximum Gasteiger partial charge on any atom is 0.573 e. The third-order valence-electron chi connectivity index (χ3n) is 5.58. The third kappa shape index (κ3) is 4.72. The molecule has 0 unspecified atom stereocenters. The Morgan fingerprint density at radius 2 is 1.59 bits per heavy atom. The molecule has 29 heavy (non-hydrogen) atoms. The average Bonchev–Trinajstić information content (AvgIpc) is 3.20. The Labute approximate surface area is 167 Å². The third-order valence-corrected chi connectivity index (χ3v) is 5.58. The second-order valence-corrected chi connectivity index (χ2v) is 7.54. The van der Waals surface area contributed by atoms with Crippen LogP contribution >= 0.6 is 0 Å². The molecule has 1 saturated heterocycles. The van der Waals surface area contributed by atoms with E-state index in [1.54, 1.807) is 12.1 Å². The molecule has 2 aromatic rings. The first-order valence-corrected chi connectivity index (χ1v) is 9.90. The van der Waals surface area contributed by atoms with Gasteiger partial charge in [0.1, 0.15) is 5.75 Å². The van der Waals surface area contributed by atoms with Crippen molar-refractivity contribution in [2.24, 2.45) is 0 Å². The number of hydrogen-bond acceptors (Lipinski definition) is 3. The zero-order valence-electron chi connectivity index (χ0n) is 16.0. The quantitative estimate of drug-likeness (QED) is 0.743. The van der Waals surface area contributed by atoms with E-state index < -0.39 is 6.36 Å².